The largest absolute Gasteiger partial charge is 0.385 e. The average molecular weight is 215 g/mol. The molecule has 0 bridgehead atoms. The standard InChI is InChI=1S/C15H21N/c1-2-6-12(5-1)9-13-10-14-7-3-4-8-15(14)16-11-13/h3-4,7-8,12-13,16H,1-2,5-6,9-11H2. The molecule has 86 valence electrons. The van der Waals surface area contributed by atoms with E-state index >= 15 is 0 Å². The number of para-hydroxylation sites is 1. The second-order valence-electron chi connectivity index (χ2n) is 5.49. The van der Waals surface area contributed by atoms with Crippen molar-refractivity contribution in [2.45, 2.75) is 38.5 Å². The SMILES string of the molecule is c1ccc2c(c1)CC(CC1CCCC1)CN2. The minimum atomic E-state index is 0.873. The molecule has 2 aliphatic rings. The van der Waals surface area contributed by atoms with Crippen LogP contribution in [-0.4, -0.2) is 6.54 Å². The molecule has 0 aromatic heterocycles. The zero-order valence-electron chi connectivity index (χ0n) is 9.91. The summed E-state index contributed by atoms with van der Waals surface area (Å²) in [6, 6.07) is 8.78. The van der Waals surface area contributed by atoms with Gasteiger partial charge in [0.15, 0.2) is 0 Å². The molecule has 1 heterocycles. The Kier molecular flexibility index (Phi) is 2.86. The van der Waals surface area contributed by atoms with Gasteiger partial charge in [-0.2, -0.15) is 0 Å². The quantitative estimate of drug-likeness (QED) is 0.790. The molecule has 1 N–H and O–H groups in total. The van der Waals surface area contributed by atoms with Crippen LogP contribution in [0.5, 0.6) is 0 Å². The summed E-state index contributed by atoms with van der Waals surface area (Å²) in [6.07, 6.45) is 8.65. The number of benzene rings is 1. The first-order chi connectivity index (χ1) is 7.92. The third-order valence-corrected chi connectivity index (χ3v) is 4.25. The van der Waals surface area contributed by atoms with Crippen molar-refractivity contribution in [3.05, 3.63) is 29.8 Å². The third kappa shape index (κ3) is 2.09. The van der Waals surface area contributed by atoms with Crippen LogP contribution in [0.15, 0.2) is 24.3 Å². The Labute approximate surface area is 98.3 Å². The molecule has 1 aromatic rings. The van der Waals surface area contributed by atoms with Gasteiger partial charge in [-0.1, -0.05) is 43.9 Å². The number of nitrogens with one attached hydrogen (secondary N) is 1. The molecule has 1 aliphatic carbocycles. The van der Waals surface area contributed by atoms with Crippen molar-refractivity contribution in [1.29, 1.82) is 0 Å². The van der Waals surface area contributed by atoms with Crippen LogP contribution in [-0.2, 0) is 6.42 Å². The van der Waals surface area contributed by atoms with Crippen LogP contribution in [0.2, 0.25) is 0 Å². The van der Waals surface area contributed by atoms with Crippen LogP contribution in [0.1, 0.15) is 37.7 Å². The second-order valence-corrected chi connectivity index (χ2v) is 5.49. The molecule has 1 atom stereocenters. The summed E-state index contributed by atoms with van der Waals surface area (Å²) in [5, 5.41) is 3.59. The van der Waals surface area contributed by atoms with E-state index in [0.29, 0.717) is 0 Å². The molecule has 0 amide bonds. The van der Waals surface area contributed by atoms with Crippen LogP contribution in [0.3, 0.4) is 0 Å². The fourth-order valence-electron chi connectivity index (χ4n) is 3.39. The van der Waals surface area contributed by atoms with Gasteiger partial charge in [0.05, 0.1) is 0 Å². The van der Waals surface area contributed by atoms with E-state index in [1.807, 2.05) is 0 Å². The normalized spacial score (nSPS) is 25.1. The molecule has 1 saturated carbocycles. The molecule has 1 unspecified atom stereocenters. The van der Waals surface area contributed by atoms with Crippen molar-refractivity contribution < 1.29 is 0 Å². The van der Waals surface area contributed by atoms with Gasteiger partial charge < -0.3 is 5.32 Å². The summed E-state index contributed by atoms with van der Waals surface area (Å²) in [5.74, 6) is 1.90. The molecule has 0 radical (unpaired) electrons. The summed E-state index contributed by atoms with van der Waals surface area (Å²) >= 11 is 0. The number of rotatable bonds is 2. The summed E-state index contributed by atoms with van der Waals surface area (Å²) in [7, 11) is 0. The van der Waals surface area contributed by atoms with Crippen molar-refractivity contribution in [1.82, 2.24) is 0 Å². The molecule has 3 rings (SSSR count). The highest BCUT2D eigenvalue weighted by atomic mass is 14.9. The second kappa shape index (κ2) is 4.48. The zero-order valence-corrected chi connectivity index (χ0v) is 9.91. The van der Waals surface area contributed by atoms with Crippen LogP contribution in [0.4, 0.5) is 5.69 Å². The van der Waals surface area contributed by atoms with Crippen molar-refractivity contribution in [3.8, 4) is 0 Å². The fourth-order valence-corrected chi connectivity index (χ4v) is 3.39. The van der Waals surface area contributed by atoms with Gasteiger partial charge in [0.2, 0.25) is 0 Å². The van der Waals surface area contributed by atoms with E-state index in [9.17, 15) is 0 Å². The Balaban J connectivity index is 1.63. The minimum absolute atomic E-state index is 0.873. The maximum absolute atomic E-state index is 3.59. The van der Waals surface area contributed by atoms with Crippen LogP contribution < -0.4 is 5.32 Å². The summed E-state index contributed by atoms with van der Waals surface area (Å²) < 4.78 is 0. The molecule has 0 saturated heterocycles. The van der Waals surface area contributed by atoms with Gasteiger partial charge in [0, 0.05) is 12.2 Å². The molecule has 1 nitrogen and oxygen atoms in total. The lowest BCUT2D eigenvalue weighted by Crippen LogP contribution is -2.24. The Morgan fingerprint density at radius 3 is 2.75 bits per heavy atom. The molecule has 16 heavy (non-hydrogen) atoms. The number of fused-ring (bicyclic) bond motifs is 1. The zero-order chi connectivity index (χ0) is 10.8. The Bertz CT molecular complexity index is 352. The molecule has 0 spiro atoms. The first-order valence-corrected chi connectivity index (χ1v) is 6.73. The maximum Gasteiger partial charge on any atom is 0.0372 e. The van der Waals surface area contributed by atoms with E-state index in [4.69, 9.17) is 0 Å². The highest BCUT2D eigenvalue weighted by Gasteiger charge is 2.23. The highest BCUT2D eigenvalue weighted by molar-refractivity contribution is 5.53. The van der Waals surface area contributed by atoms with E-state index in [1.165, 1.54) is 56.3 Å². The van der Waals surface area contributed by atoms with Gasteiger partial charge >= 0.3 is 0 Å². The predicted octanol–water partition coefficient (Wildman–Crippen LogP) is 3.85. The minimum Gasteiger partial charge on any atom is -0.385 e. The topological polar surface area (TPSA) is 12.0 Å². The van der Waals surface area contributed by atoms with E-state index < -0.39 is 0 Å². The van der Waals surface area contributed by atoms with Crippen LogP contribution >= 0.6 is 0 Å². The van der Waals surface area contributed by atoms with Crippen molar-refractivity contribution >= 4 is 5.69 Å². The van der Waals surface area contributed by atoms with Gasteiger partial charge in [-0.15, -0.1) is 0 Å². The Hall–Kier alpha value is -0.980. The first kappa shape index (κ1) is 10.2. The van der Waals surface area contributed by atoms with Crippen molar-refractivity contribution in [3.63, 3.8) is 0 Å². The van der Waals surface area contributed by atoms with Crippen molar-refractivity contribution in [2.75, 3.05) is 11.9 Å². The average Bonchev–Trinajstić information content (AvgIpc) is 2.82. The molecule has 1 fully saturated rings. The molecule has 1 heteroatoms. The number of hydrogen-bond acceptors (Lipinski definition) is 1. The molecular weight excluding hydrogens is 194 g/mol. The van der Waals surface area contributed by atoms with Gasteiger partial charge in [-0.05, 0) is 36.3 Å². The Morgan fingerprint density at radius 2 is 1.88 bits per heavy atom. The Morgan fingerprint density at radius 1 is 1.06 bits per heavy atom. The van der Waals surface area contributed by atoms with E-state index in [0.717, 1.165) is 11.8 Å². The van der Waals surface area contributed by atoms with Crippen LogP contribution in [0.25, 0.3) is 0 Å². The van der Waals surface area contributed by atoms with Gasteiger partial charge in [-0.3, -0.25) is 0 Å². The molecule has 1 aliphatic heterocycles. The lowest BCUT2D eigenvalue weighted by Gasteiger charge is -2.28. The smallest absolute Gasteiger partial charge is 0.0372 e. The number of anilines is 1. The monoisotopic (exact) mass is 215 g/mol. The lowest BCUT2D eigenvalue weighted by molar-refractivity contribution is 0.380. The van der Waals surface area contributed by atoms with E-state index in [1.54, 1.807) is 0 Å². The van der Waals surface area contributed by atoms with Gasteiger partial charge in [0.25, 0.3) is 0 Å². The van der Waals surface area contributed by atoms with Gasteiger partial charge in [-0.25, -0.2) is 0 Å². The first-order valence-electron chi connectivity index (χ1n) is 6.73. The highest BCUT2D eigenvalue weighted by Crippen LogP contribution is 2.34. The summed E-state index contributed by atoms with van der Waals surface area (Å²) in [4.78, 5) is 0. The van der Waals surface area contributed by atoms with Gasteiger partial charge in [0.1, 0.15) is 0 Å². The predicted molar refractivity (Wildman–Crippen MR) is 68.7 cm³/mol. The third-order valence-electron chi connectivity index (χ3n) is 4.25. The van der Waals surface area contributed by atoms with Crippen LogP contribution in [0, 0.1) is 11.8 Å². The molecular formula is C15H21N. The summed E-state index contributed by atoms with van der Waals surface area (Å²) in [5.41, 5.74) is 2.89. The lowest BCUT2D eigenvalue weighted by atomic mass is 9.86. The fraction of sp³-hybridized carbons (Fsp3) is 0.600. The van der Waals surface area contributed by atoms with Crippen molar-refractivity contribution in [2.24, 2.45) is 11.8 Å². The maximum atomic E-state index is 3.59. The van der Waals surface area contributed by atoms with E-state index in [-0.39, 0.29) is 0 Å². The number of hydrogen-bond donors (Lipinski definition) is 1. The molecule has 1 aromatic carbocycles. The summed E-state index contributed by atoms with van der Waals surface area (Å²) in [6.45, 7) is 1.19. The van der Waals surface area contributed by atoms with E-state index in [2.05, 4.69) is 29.6 Å².